The zero-order valence-corrected chi connectivity index (χ0v) is 6.41. The van der Waals surface area contributed by atoms with Crippen LogP contribution in [0, 0.1) is 6.57 Å². The Bertz CT molecular complexity index is 315. The molecule has 3 nitrogen and oxygen atoms in total. The maximum absolute atomic E-state index is 6.89. The van der Waals surface area contributed by atoms with Crippen LogP contribution in [0.15, 0.2) is 6.20 Å². The lowest BCUT2D eigenvalue weighted by Crippen LogP contribution is -1.88. The molecule has 0 atom stereocenters. The molecule has 1 heterocycles. The Morgan fingerprint density at radius 3 is 3.00 bits per heavy atom. The van der Waals surface area contributed by atoms with Crippen molar-refractivity contribution in [3.8, 4) is 0 Å². The SMILES string of the molecule is [C-]#[N+]c1cn(C)nc1C1CC1. The van der Waals surface area contributed by atoms with E-state index in [4.69, 9.17) is 6.57 Å². The molecule has 0 saturated heterocycles. The Balaban J connectivity index is 2.44. The molecule has 0 aromatic carbocycles. The predicted molar refractivity (Wildman–Crippen MR) is 41.4 cm³/mol. The highest BCUT2D eigenvalue weighted by atomic mass is 15.3. The summed E-state index contributed by atoms with van der Waals surface area (Å²) < 4.78 is 1.72. The molecule has 3 heteroatoms. The molecule has 1 aliphatic carbocycles. The minimum absolute atomic E-state index is 0.584. The highest BCUT2D eigenvalue weighted by Crippen LogP contribution is 2.43. The molecule has 0 aliphatic heterocycles. The standard InChI is InChI=1S/C8H9N3/c1-9-7-5-11(2)10-8(7)6-3-4-6/h5-6H,3-4H2,2H3. The Hall–Kier alpha value is -1.30. The van der Waals surface area contributed by atoms with Gasteiger partial charge in [-0.1, -0.05) is 0 Å². The van der Waals surface area contributed by atoms with Gasteiger partial charge in [-0.2, -0.15) is 5.10 Å². The lowest BCUT2D eigenvalue weighted by Gasteiger charge is -1.88. The molecule has 1 saturated carbocycles. The van der Waals surface area contributed by atoms with Gasteiger partial charge >= 0.3 is 0 Å². The van der Waals surface area contributed by atoms with E-state index in [1.54, 1.807) is 10.9 Å². The van der Waals surface area contributed by atoms with Crippen molar-refractivity contribution in [1.82, 2.24) is 9.78 Å². The molecule has 11 heavy (non-hydrogen) atoms. The summed E-state index contributed by atoms with van der Waals surface area (Å²) >= 11 is 0. The lowest BCUT2D eigenvalue weighted by molar-refractivity contribution is 0.744. The molecule has 0 unspecified atom stereocenters. The van der Waals surface area contributed by atoms with Crippen molar-refractivity contribution >= 4 is 5.69 Å². The maximum atomic E-state index is 6.89. The van der Waals surface area contributed by atoms with Crippen molar-refractivity contribution in [3.63, 3.8) is 0 Å². The molecule has 1 aliphatic rings. The van der Waals surface area contributed by atoms with Crippen LogP contribution in [0.25, 0.3) is 4.85 Å². The number of hydrogen-bond donors (Lipinski definition) is 0. The number of nitrogens with zero attached hydrogens (tertiary/aromatic N) is 3. The van der Waals surface area contributed by atoms with Crippen LogP contribution in [0.1, 0.15) is 24.5 Å². The van der Waals surface area contributed by atoms with Gasteiger partial charge in [0.25, 0.3) is 0 Å². The van der Waals surface area contributed by atoms with Gasteiger partial charge in [-0.3, -0.25) is 4.68 Å². The van der Waals surface area contributed by atoms with Crippen molar-refractivity contribution in [2.75, 3.05) is 0 Å². The third kappa shape index (κ3) is 1.01. The fourth-order valence-corrected chi connectivity index (χ4v) is 1.23. The quantitative estimate of drug-likeness (QED) is 0.555. The molecule has 56 valence electrons. The number of hydrogen-bond acceptors (Lipinski definition) is 1. The van der Waals surface area contributed by atoms with E-state index >= 15 is 0 Å². The van der Waals surface area contributed by atoms with E-state index in [0.29, 0.717) is 5.92 Å². The van der Waals surface area contributed by atoms with Gasteiger partial charge in [0.05, 0.1) is 12.3 Å². The first-order valence-corrected chi connectivity index (χ1v) is 3.72. The van der Waals surface area contributed by atoms with Crippen molar-refractivity contribution in [2.45, 2.75) is 18.8 Å². The van der Waals surface area contributed by atoms with Gasteiger partial charge in [0, 0.05) is 13.2 Å². The van der Waals surface area contributed by atoms with Gasteiger partial charge in [-0.25, -0.2) is 4.85 Å². The number of aromatic nitrogens is 2. The smallest absolute Gasteiger partial charge is 0.227 e. The first-order valence-electron chi connectivity index (χ1n) is 3.72. The van der Waals surface area contributed by atoms with E-state index in [2.05, 4.69) is 9.94 Å². The van der Waals surface area contributed by atoms with Crippen LogP contribution < -0.4 is 0 Å². The van der Waals surface area contributed by atoms with Crippen LogP contribution in [-0.2, 0) is 7.05 Å². The molecule has 0 spiro atoms. The summed E-state index contributed by atoms with van der Waals surface area (Å²) in [5.41, 5.74) is 1.73. The second kappa shape index (κ2) is 2.09. The zero-order valence-electron chi connectivity index (χ0n) is 6.41. The average Bonchev–Trinajstić information content (AvgIpc) is 2.75. The number of aryl methyl sites for hydroxylation is 1. The second-order valence-electron chi connectivity index (χ2n) is 2.96. The molecular weight excluding hydrogens is 138 g/mol. The Labute approximate surface area is 65.5 Å². The Kier molecular flexibility index (Phi) is 1.22. The molecule has 2 rings (SSSR count). The van der Waals surface area contributed by atoms with Crippen molar-refractivity contribution < 1.29 is 0 Å². The normalized spacial score (nSPS) is 16.4. The van der Waals surface area contributed by atoms with E-state index < -0.39 is 0 Å². The molecule has 1 aromatic rings. The second-order valence-corrected chi connectivity index (χ2v) is 2.96. The molecule has 1 fully saturated rings. The minimum Gasteiger partial charge on any atom is -0.287 e. The van der Waals surface area contributed by atoms with Gasteiger partial charge in [0.15, 0.2) is 0 Å². The molecule has 0 amide bonds. The first kappa shape index (κ1) is 6.41. The third-order valence-electron chi connectivity index (χ3n) is 1.92. The molecular formula is C8H9N3. The van der Waals surface area contributed by atoms with E-state index in [0.717, 1.165) is 11.4 Å². The summed E-state index contributed by atoms with van der Waals surface area (Å²) in [6, 6.07) is 0. The van der Waals surface area contributed by atoms with Crippen molar-refractivity contribution in [2.24, 2.45) is 7.05 Å². The fraction of sp³-hybridized carbons (Fsp3) is 0.500. The van der Waals surface area contributed by atoms with E-state index in [1.165, 1.54) is 12.8 Å². The van der Waals surface area contributed by atoms with E-state index in [-0.39, 0.29) is 0 Å². The van der Waals surface area contributed by atoms with Gasteiger partial charge in [0.1, 0.15) is 0 Å². The van der Waals surface area contributed by atoms with Crippen LogP contribution >= 0.6 is 0 Å². The summed E-state index contributed by atoms with van der Waals surface area (Å²) in [6.07, 6.45) is 4.21. The lowest BCUT2D eigenvalue weighted by atomic mass is 10.3. The predicted octanol–water partition coefficient (Wildman–Crippen LogP) is 1.85. The zero-order chi connectivity index (χ0) is 7.84. The van der Waals surface area contributed by atoms with Crippen molar-refractivity contribution in [1.29, 1.82) is 0 Å². The number of rotatable bonds is 1. The third-order valence-corrected chi connectivity index (χ3v) is 1.92. The van der Waals surface area contributed by atoms with Gasteiger partial charge < -0.3 is 0 Å². The van der Waals surface area contributed by atoms with Gasteiger partial charge in [-0.15, -0.1) is 0 Å². The summed E-state index contributed by atoms with van der Waals surface area (Å²) in [5, 5.41) is 4.25. The van der Waals surface area contributed by atoms with Crippen LogP contribution in [0.2, 0.25) is 0 Å². The van der Waals surface area contributed by atoms with Crippen LogP contribution in [-0.4, -0.2) is 9.78 Å². The molecule has 0 N–H and O–H groups in total. The monoisotopic (exact) mass is 147 g/mol. The van der Waals surface area contributed by atoms with Crippen LogP contribution in [0.5, 0.6) is 0 Å². The molecule has 0 bridgehead atoms. The topological polar surface area (TPSA) is 22.2 Å². The maximum Gasteiger partial charge on any atom is 0.227 e. The Morgan fingerprint density at radius 2 is 2.45 bits per heavy atom. The summed E-state index contributed by atoms with van der Waals surface area (Å²) in [6.45, 7) is 6.89. The summed E-state index contributed by atoms with van der Waals surface area (Å²) in [7, 11) is 1.86. The highest BCUT2D eigenvalue weighted by molar-refractivity contribution is 5.50. The van der Waals surface area contributed by atoms with Crippen LogP contribution in [0.3, 0.4) is 0 Å². The van der Waals surface area contributed by atoms with Crippen LogP contribution in [0.4, 0.5) is 5.69 Å². The summed E-state index contributed by atoms with van der Waals surface area (Å²) in [5.74, 6) is 0.584. The van der Waals surface area contributed by atoms with E-state index in [9.17, 15) is 0 Å². The Morgan fingerprint density at radius 1 is 1.73 bits per heavy atom. The largest absolute Gasteiger partial charge is 0.287 e. The highest BCUT2D eigenvalue weighted by Gasteiger charge is 2.28. The van der Waals surface area contributed by atoms with E-state index in [1.807, 2.05) is 7.05 Å². The fourth-order valence-electron chi connectivity index (χ4n) is 1.23. The van der Waals surface area contributed by atoms with Gasteiger partial charge in [-0.05, 0) is 18.8 Å². The first-order chi connectivity index (χ1) is 5.31. The molecule has 1 aromatic heterocycles. The molecule has 0 radical (unpaired) electrons. The van der Waals surface area contributed by atoms with Crippen molar-refractivity contribution in [3.05, 3.63) is 23.3 Å². The van der Waals surface area contributed by atoms with Gasteiger partial charge in [0.2, 0.25) is 5.69 Å². The summed E-state index contributed by atoms with van der Waals surface area (Å²) in [4.78, 5) is 3.42. The average molecular weight is 147 g/mol. The minimum atomic E-state index is 0.584.